The Morgan fingerprint density at radius 3 is 1.16 bits per heavy atom. The smallest absolute Gasteiger partial charge is 0.875 e. The zero-order chi connectivity index (χ0) is 99.3. The molecule has 4 amide bonds. The molecular weight excluding hydrogens is 1740 g/mol. The number of nitrogens with zero attached hydrogens (tertiary/aromatic N) is 14. The number of aromatic nitrogens is 8. The molecule has 2 aliphatic heterocycles. The number of carbonyl (C=O) groups excluding carboxylic acids is 9. The first-order valence-corrected chi connectivity index (χ1v) is 44.5. The zero-order valence-electron chi connectivity index (χ0n) is 81.7. The molecule has 0 bridgehead atoms. The molecule has 136 heavy (non-hydrogen) atoms. The molecule has 0 aliphatic carbocycles. The van der Waals surface area contributed by atoms with E-state index in [4.69, 9.17) is 39.5 Å². The van der Waals surface area contributed by atoms with E-state index in [9.17, 15) is 38.7 Å². The molecule has 0 saturated carbocycles. The Labute approximate surface area is 820 Å². The Hall–Kier alpha value is -13.6. The van der Waals surface area contributed by atoms with Gasteiger partial charge in [-0.3, -0.25) is 39.6 Å². The Kier molecular flexibility index (Phi) is 52.4. The Morgan fingerprint density at radius 1 is 0.463 bits per heavy atom. The van der Waals surface area contributed by atoms with Crippen LogP contribution in [0.25, 0.3) is 0 Å². The summed E-state index contributed by atoms with van der Waals surface area (Å²) in [7, 11) is 3.36. The van der Waals surface area contributed by atoms with Gasteiger partial charge in [0.25, 0.3) is 0 Å². The average Bonchev–Trinajstić information content (AvgIpc) is 1.42. The van der Waals surface area contributed by atoms with Gasteiger partial charge >= 0.3 is 65.8 Å². The molecule has 2 aliphatic rings. The Bertz CT molecular complexity index is 5520. The minimum Gasteiger partial charge on any atom is -0.875 e. The number of benzene rings is 7. The SMILES string of the molecule is CCCc1cc(C)n(Cc2ccccc2)n1.CCOC(=O)/C=C(\[O-])CC.CCOC(=O)C1=NN(Cc2ccccc2)C(=O)C1.CCOC(=O)c1cc(C)n(Cc2ccccc2)n1.CN(CC1=NN(Cc2ccccc2)C(=O)C1)C(=O)OC(C)(C)C.Cc1cc(CN(C)C(=O)OC(C)(C)C)nn1Cc1ccccc1.Cc1cc(CO)nn1Cc1ccccc1.NNCc1ccccc1.O=C=O.[Na+]. The van der Waals surface area contributed by atoms with Gasteiger partial charge in [0.2, 0.25) is 11.8 Å². The van der Waals surface area contributed by atoms with E-state index >= 15 is 0 Å². The van der Waals surface area contributed by atoms with Gasteiger partial charge in [0, 0.05) is 49.5 Å². The maximum atomic E-state index is 12.0. The third kappa shape index (κ3) is 45.0. The number of amides is 4. The number of nitrogens with two attached hydrogens (primary N) is 1. The van der Waals surface area contributed by atoms with Crippen molar-refractivity contribution in [2.75, 3.05) is 40.5 Å². The summed E-state index contributed by atoms with van der Waals surface area (Å²) in [5.41, 5.74) is 17.9. The van der Waals surface area contributed by atoms with Gasteiger partial charge in [-0.15, -0.1) is 5.76 Å². The number of ether oxygens (including phenoxy) is 5. The number of esters is 3. The van der Waals surface area contributed by atoms with Crippen molar-refractivity contribution in [2.45, 2.75) is 206 Å². The number of nitrogens with one attached hydrogen (secondary N) is 1. The van der Waals surface area contributed by atoms with E-state index in [2.05, 4.69) is 114 Å². The second-order valence-corrected chi connectivity index (χ2v) is 32.7. The van der Waals surface area contributed by atoms with Crippen LogP contribution in [0.15, 0.2) is 259 Å². The van der Waals surface area contributed by atoms with Gasteiger partial charge in [-0.2, -0.15) is 40.2 Å². The van der Waals surface area contributed by atoms with Crippen LogP contribution in [-0.4, -0.2) is 175 Å². The number of hydrogen-bond donors (Lipinski definition) is 3. The van der Waals surface area contributed by atoms with E-state index in [0.29, 0.717) is 57.2 Å². The largest absolute Gasteiger partial charge is 1.00 e. The number of aryl methyl sites for hydroxylation is 5. The van der Waals surface area contributed by atoms with Crippen LogP contribution in [-0.2, 0) is 118 Å². The van der Waals surface area contributed by atoms with Gasteiger partial charge in [-0.1, -0.05) is 233 Å². The molecular formula is C103H131N16NaO16. The standard InChI is InChI=1S/C18H25N3O2.C17H23N3O3.C14H16N2O2.C14H18N2.C13H14N2O3.C12H14N2O.C7H10N2.C7H12O3.CO2.Na/c1-14-11-16(13-20(5)17(22)23-18(2,3)4)19-21(14)12-15-9-7-6-8-10-15;1-17(2,3)23-16(22)19(4)12-14-10-15(21)20(18-14)11-13-8-6-5-7-9-13;1-3-18-14(17)13-9-11(2)16(15-13)10-12-7-5-4-6-8-12;1-3-7-14-10-12(2)16(15-14)11-13-8-5-4-6-9-13;1-2-18-13(17)11-8-12(16)15(14-11)9-10-6-4-3-5-7-10;1-10-7-12(9-15)13-14(10)8-11-5-3-2-4-6-11;8-9-6-7-4-2-1-3-5-7;1-3-6(8)5-7(9)10-4-2;2-1-3;/h6-11H,12-13H2,1-5H3;5-9H,10-12H2,1-4H3;4-9H,3,10H2,1-2H3;4-6,8-10H,3,7,11H2,1-2H3;3-7H,2,8-9H2,1H3;2-7,15H,8-9H2,1H3;1-5,9H,6,8H2;5,8H,3-4H2,1-2H3;;/q;;;;;;;;;+1/p-1/b;;;;;;;6-5-;;. The predicted octanol–water partition coefficient (Wildman–Crippen LogP) is 12.2. The normalized spacial score (nSPS) is 11.6. The minimum absolute atomic E-state index is 0. The van der Waals surface area contributed by atoms with Crippen molar-refractivity contribution in [1.82, 2.24) is 64.4 Å². The quantitative estimate of drug-likeness (QED) is 0.00779. The first kappa shape index (κ1) is 115. The van der Waals surface area contributed by atoms with Crippen molar-refractivity contribution in [3.05, 3.63) is 333 Å². The molecule has 0 saturated heterocycles. The topological polar surface area (TPSA) is 390 Å². The summed E-state index contributed by atoms with van der Waals surface area (Å²) >= 11 is 0. The van der Waals surface area contributed by atoms with E-state index in [1.807, 2.05) is 252 Å². The van der Waals surface area contributed by atoms with Gasteiger partial charge in [0.05, 0.1) is 114 Å². The monoisotopic (exact) mass is 1870 g/mol. The fourth-order valence-corrected chi connectivity index (χ4v) is 12.4. The molecule has 720 valence electrons. The number of carbonyl (C=O) groups is 7. The third-order valence-corrected chi connectivity index (χ3v) is 18.8. The minimum atomic E-state index is -0.547. The molecule has 0 spiro atoms. The maximum absolute atomic E-state index is 12.0. The van der Waals surface area contributed by atoms with Crippen molar-refractivity contribution in [1.29, 1.82) is 0 Å². The van der Waals surface area contributed by atoms with Crippen molar-refractivity contribution in [3.63, 3.8) is 0 Å². The molecule has 11 aromatic rings. The van der Waals surface area contributed by atoms with E-state index in [-0.39, 0.29) is 104 Å². The van der Waals surface area contributed by atoms with Crippen molar-refractivity contribution >= 4 is 59.5 Å². The van der Waals surface area contributed by atoms with Gasteiger partial charge in [0.1, 0.15) is 11.2 Å². The summed E-state index contributed by atoms with van der Waals surface area (Å²) in [6.45, 7) is 34.4. The van der Waals surface area contributed by atoms with Crippen LogP contribution >= 0.6 is 0 Å². The Morgan fingerprint density at radius 2 is 0.794 bits per heavy atom. The number of hydrazine groups is 1. The number of aliphatic hydroxyl groups is 1. The molecule has 4 N–H and O–H groups in total. The van der Waals surface area contributed by atoms with Crippen LogP contribution < -0.4 is 45.9 Å². The number of hydrazone groups is 2. The summed E-state index contributed by atoms with van der Waals surface area (Å²) in [4.78, 5) is 100. The van der Waals surface area contributed by atoms with Crippen LogP contribution in [0.1, 0.15) is 191 Å². The van der Waals surface area contributed by atoms with E-state index in [0.717, 1.165) is 90.3 Å². The van der Waals surface area contributed by atoms with E-state index in [1.54, 1.807) is 52.8 Å². The fraction of sp³-hybridized carbons (Fsp3) is 0.359. The molecule has 4 aromatic heterocycles. The summed E-state index contributed by atoms with van der Waals surface area (Å²) < 4.78 is 32.7. The van der Waals surface area contributed by atoms with Gasteiger partial charge in [0.15, 0.2) is 11.4 Å². The van der Waals surface area contributed by atoms with Crippen LogP contribution in [0.3, 0.4) is 0 Å². The molecule has 13 rings (SSSR count). The van der Waals surface area contributed by atoms with E-state index in [1.165, 1.54) is 48.6 Å². The van der Waals surface area contributed by atoms with Crippen molar-refractivity contribution in [2.24, 2.45) is 16.0 Å². The molecule has 0 fully saturated rings. The average molecular weight is 1870 g/mol. The molecule has 33 heteroatoms. The summed E-state index contributed by atoms with van der Waals surface area (Å²) in [6, 6.07) is 77.9. The number of aliphatic hydroxyl groups excluding tert-OH is 1. The molecule has 0 radical (unpaired) electrons. The number of hydrogen-bond acceptors (Lipinski definition) is 24. The Balaban J connectivity index is 0.000000327. The van der Waals surface area contributed by atoms with Crippen LogP contribution in [0.2, 0.25) is 0 Å². The summed E-state index contributed by atoms with van der Waals surface area (Å²) in [5, 5.41) is 48.4. The van der Waals surface area contributed by atoms with Gasteiger partial charge in [-0.05, 0) is 166 Å². The molecule has 32 nitrogen and oxygen atoms in total. The van der Waals surface area contributed by atoms with Crippen molar-refractivity contribution < 1.29 is 107 Å². The second kappa shape index (κ2) is 62.1. The van der Waals surface area contributed by atoms with Gasteiger partial charge in [-0.25, -0.2) is 34.0 Å². The maximum Gasteiger partial charge on any atom is 1.00 e. The van der Waals surface area contributed by atoms with Gasteiger partial charge < -0.3 is 43.7 Å². The zero-order valence-corrected chi connectivity index (χ0v) is 83.7. The molecule has 6 heterocycles. The van der Waals surface area contributed by atoms with Crippen LogP contribution in [0.5, 0.6) is 0 Å². The third-order valence-electron chi connectivity index (χ3n) is 18.8. The first-order valence-electron chi connectivity index (χ1n) is 44.5. The number of allylic oxidation sites excluding steroid dienone is 1. The summed E-state index contributed by atoms with van der Waals surface area (Å²) in [5.74, 6) is 3.25. The number of rotatable bonds is 28. The summed E-state index contributed by atoms with van der Waals surface area (Å²) in [6.07, 6.45) is 3.29. The van der Waals surface area contributed by atoms with Crippen LogP contribution in [0.4, 0.5) is 9.59 Å². The molecule has 0 atom stereocenters. The molecule has 0 unspecified atom stereocenters. The molecule has 7 aromatic carbocycles. The first-order chi connectivity index (χ1) is 64.5. The van der Waals surface area contributed by atoms with Crippen molar-refractivity contribution in [3.8, 4) is 0 Å². The van der Waals surface area contributed by atoms with E-state index < -0.39 is 29.2 Å². The fourth-order valence-electron chi connectivity index (χ4n) is 12.4. The van der Waals surface area contributed by atoms with Crippen LogP contribution in [0, 0.1) is 27.7 Å². The predicted molar refractivity (Wildman–Crippen MR) is 515 cm³/mol. The second-order valence-electron chi connectivity index (χ2n) is 32.7.